The molecule has 0 saturated heterocycles. The van der Waals surface area contributed by atoms with Crippen LogP contribution in [0.2, 0.25) is 0 Å². The smallest absolute Gasteiger partial charge is 0.224 e. The summed E-state index contributed by atoms with van der Waals surface area (Å²) in [5, 5.41) is 2.84. The second kappa shape index (κ2) is 7.92. The number of nitrogens with one attached hydrogen (secondary N) is 1. The molecule has 1 aromatic carbocycles. The van der Waals surface area contributed by atoms with Gasteiger partial charge in [0.2, 0.25) is 5.91 Å². The average Bonchev–Trinajstić information content (AvgIpc) is 2.24. The normalized spacial score (nSPS) is 9.53. The number of ether oxygens (including phenoxy) is 1. The Morgan fingerprint density at radius 3 is 2.82 bits per heavy atom. The van der Waals surface area contributed by atoms with Gasteiger partial charge in [0.05, 0.1) is 0 Å². The first-order chi connectivity index (χ1) is 7.63. The van der Waals surface area contributed by atoms with E-state index in [0.29, 0.717) is 18.7 Å². The zero-order valence-electron chi connectivity index (χ0n) is 10.2. The number of anilines is 2. The first kappa shape index (κ1) is 15.7. The molecule has 0 saturated carbocycles. The minimum Gasteiger partial charge on any atom is -0.399 e. The van der Waals surface area contributed by atoms with Gasteiger partial charge in [-0.3, -0.25) is 4.79 Å². The second-order valence-corrected chi connectivity index (χ2v) is 3.72. The maximum Gasteiger partial charge on any atom is 0.224 e. The summed E-state index contributed by atoms with van der Waals surface area (Å²) in [5.41, 5.74) is 8.09. The minimum atomic E-state index is -0.00856. The molecule has 1 rings (SSSR count). The van der Waals surface area contributed by atoms with Crippen LogP contribution in [0.15, 0.2) is 18.2 Å². The van der Waals surface area contributed by atoms with E-state index < -0.39 is 0 Å². The van der Waals surface area contributed by atoms with Crippen LogP contribution in [0.3, 0.4) is 0 Å². The van der Waals surface area contributed by atoms with Crippen molar-refractivity contribution in [3.05, 3.63) is 23.8 Å². The molecule has 0 aliphatic rings. The van der Waals surface area contributed by atoms with Gasteiger partial charge in [0.1, 0.15) is 0 Å². The maximum atomic E-state index is 11.5. The van der Waals surface area contributed by atoms with Gasteiger partial charge in [-0.25, -0.2) is 0 Å². The summed E-state index contributed by atoms with van der Waals surface area (Å²) in [5.74, 6) is -0.00856. The molecular weight excluding hydrogens is 240 g/mol. The molecule has 0 spiro atoms. The van der Waals surface area contributed by atoms with E-state index in [1.54, 1.807) is 13.2 Å². The van der Waals surface area contributed by atoms with Crippen molar-refractivity contribution < 1.29 is 9.53 Å². The monoisotopic (exact) mass is 258 g/mol. The van der Waals surface area contributed by atoms with Gasteiger partial charge in [0.25, 0.3) is 0 Å². The highest BCUT2D eigenvalue weighted by Crippen LogP contribution is 2.18. The molecule has 0 radical (unpaired) electrons. The largest absolute Gasteiger partial charge is 0.399 e. The van der Waals surface area contributed by atoms with E-state index in [9.17, 15) is 4.79 Å². The Labute approximate surface area is 108 Å². The molecule has 0 fully saturated rings. The van der Waals surface area contributed by atoms with Gasteiger partial charge >= 0.3 is 0 Å². The number of halogens is 1. The number of benzene rings is 1. The number of aryl methyl sites for hydroxylation is 1. The lowest BCUT2D eigenvalue weighted by Crippen LogP contribution is -2.13. The van der Waals surface area contributed by atoms with Gasteiger partial charge in [0, 0.05) is 31.5 Å². The second-order valence-electron chi connectivity index (χ2n) is 3.72. The van der Waals surface area contributed by atoms with Gasteiger partial charge < -0.3 is 15.8 Å². The van der Waals surface area contributed by atoms with Gasteiger partial charge in [-0.1, -0.05) is 6.07 Å². The maximum absolute atomic E-state index is 11.5. The van der Waals surface area contributed by atoms with Crippen LogP contribution >= 0.6 is 12.4 Å². The molecule has 0 heterocycles. The van der Waals surface area contributed by atoms with Crippen LogP contribution in [0.5, 0.6) is 0 Å². The molecule has 1 aromatic rings. The molecule has 0 aromatic heterocycles. The number of methoxy groups -OCH3 is 1. The summed E-state index contributed by atoms with van der Waals surface area (Å²) in [6, 6.07) is 5.47. The molecule has 3 N–H and O–H groups in total. The van der Waals surface area contributed by atoms with Gasteiger partial charge in [0.15, 0.2) is 0 Å². The summed E-state index contributed by atoms with van der Waals surface area (Å²) in [6.07, 6.45) is 1.19. The summed E-state index contributed by atoms with van der Waals surface area (Å²) in [7, 11) is 1.62. The Bertz CT molecular complexity index is 370. The number of hydrogen-bond acceptors (Lipinski definition) is 3. The Morgan fingerprint density at radius 2 is 2.18 bits per heavy atom. The molecule has 0 bridgehead atoms. The van der Waals surface area contributed by atoms with Crippen LogP contribution in [0.25, 0.3) is 0 Å². The van der Waals surface area contributed by atoms with Gasteiger partial charge in [-0.15, -0.1) is 12.4 Å². The summed E-state index contributed by atoms with van der Waals surface area (Å²) in [6.45, 7) is 2.54. The van der Waals surface area contributed by atoms with Crippen LogP contribution in [-0.2, 0) is 9.53 Å². The molecule has 96 valence electrons. The molecular formula is C12H19ClN2O2. The third-order valence-corrected chi connectivity index (χ3v) is 2.29. The summed E-state index contributed by atoms with van der Waals surface area (Å²) >= 11 is 0. The molecule has 17 heavy (non-hydrogen) atoms. The zero-order chi connectivity index (χ0) is 12.0. The van der Waals surface area contributed by atoms with Crippen molar-refractivity contribution in [1.82, 2.24) is 0 Å². The van der Waals surface area contributed by atoms with Crippen molar-refractivity contribution in [2.75, 3.05) is 24.8 Å². The van der Waals surface area contributed by atoms with Crippen LogP contribution in [-0.4, -0.2) is 19.6 Å². The fraction of sp³-hybridized carbons (Fsp3) is 0.417. The van der Waals surface area contributed by atoms with Crippen molar-refractivity contribution in [1.29, 1.82) is 0 Å². The summed E-state index contributed by atoms with van der Waals surface area (Å²) in [4.78, 5) is 11.5. The van der Waals surface area contributed by atoms with Crippen LogP contribution < -0.4 is 11.1 Å². The minimum absolute atomic E-state index is 0. The molecule has 0 atom stereocenters. The molecule has 0 unspecified atom stereocenters. The van der Waals surface area contributed by atoms with Crippen LogP contribution in [0.1, 0.15) is 18.4 Å². The van der Waals surface area contributed by atoms with Crippen molar-refractivity contribution in [3.63, 3.8) is 0 Å². The third-order valence-electron chi connectivity index (χ3n) is 2.29. The molecule has 0 aliphatic heterocycles. The molecule has 4 nitrogen and oxygen atoms in total. The van der Waals surface area contributed by atoms with Gasteiger partial charge in [-0.05, 0) is 31.0 Å². The molecule has 0 aliphatic carbocycles. The fourth-order valence-corrected chi connectivity index (χ4v) is 1.36. The van der Waals surface area contributed by atoms with Crippen LogP contribution in [0, 0.1) is 6.92 Å². The average molecular weight is 259 g/mol. The standard InChI is InChI=1S/C12H18N2O2.ClH/c1-9-5-6-10(13)8-11(9)14-12(15)4-3-7-16-2;/h5-6,8H,3-4,7,13H2,1-2H3,(H,14,15);1H. The van der Waals surface area contributed by atoms with E-state index in [4.69, 9.17) is 10.5 Å². The van der Waals surface area contributed by atoms with Crippen molar-refractivity contribution in [2.24, 2.45) is 0 Å². The first-order valence-electron chi connectivity index (χ1n) is 5.28. The number of hydrogen-bond donors (Lipinski definition) is 2. The Morgan fingerprint density at radius 1 is 1.47 bits per heavy atom. The predicted molar refractivity (Wildman–Crippen MR) is 72.6 cm³/mol. The third kappa shape index (κ3) is 5.56. The van der Waals surface area contributed by atoms with Crippen molar-refractivity contribution in [3.8, 4) is 0 Å². The summed E-state index contributed by atoms with van der Waals surface area (Å²) < 4.78 is 4.89. The fourth-order valence-electron chi connectivity index (χ4n) is 1.36. The van der Waals surface area contributed by atoms with Gasteiger partial charge in [-0.2, -0.15) is 0 Å². The van der Waals surface area contributed by atoms with Crippen molar-refractivity contribution >= 4 is 29.7 Å². The number of nitrogen functional groups attached to an aromatic ring is 1. The molecule has 5 heteroatoms. The highest BCUT2D eigenvalue weighted by Gasteiger charge is 2.04. The number of amides is 1. The van der Waals surface area contributed by atoms with E-state index in [1.807, 2.05) is 19.1 Å². The van der Waals surface area contributed by atoms with E-state index in [2.05, 4.69) is 5.32 Å². The lowest BCUT2D eigenvalue weighted by molar-refractivity contribution is -0.116. The topological polar surface area (TPSA) is 64.3 Å². The highest BCUT2D eigenvalue weighted by molar-refractivity contribution is 5.91. The number of carbonyl (C=O) groups excluding carboxylic acids is 1. The van der Waals surface area contributed by atoms with E-state index in [-0.39, 0.29) is 18.3 Å². The molecule has 1 amide bonds. The number of nitrogens with two attached hydrogens (primary N) is 1. The number of carbonyl (C=O) groups is 1. The van der Waals surface area contributed by atoms with E-state index in [0.717, 1.165) is 17.7 Å². The van der Waals surface area contributed by atoms with Crippen molar-refractivity contribution in [2.45, 2.75) is 19.8 Å². The Hall–Kier alpha value is -1.26. The Kier molecular flexibility index (Phi) is 7.34. The van der Waals surface area contributed by atoms with E-state index >= 15 is 0 Å². The lowest BCUT2D eigenvalue weighted by Gasteiger charge is -2.08. The highest BCUT2D eigenvalue weighted by atomic mass is 35.5. The SMILES string of the molecule is COCCCC(=O)Nc1cc(N)ccc1C.Cl. The zero-order valence-corrected chi connectivity index (χ0v) is 11.0. The quantitative estimate of drug-likeness (QED) is 0.630. The van der Waals surface area contributed by atoms with E-state index in [1.165, 1.54) is 0 Å². The lowest BCUT2D eigenvalue weighted by atomic mass is 10.1. The predicted octanol–water partition coefficient (Wildman–Crippen LogP) is 2.36. The first-order valence-corrected chi connectivity index (χ1v) is 5.28. The number of rotatable bonds is 5. The van der Waals surface area contributed by atoms with Crippen LogP contribution in [0.4, 0.5) is 11.4 Å². The Balaban J connectivity index is 0.00000256.